The van der Waals surface area contributed by atoms with Gasteiger partial charge in [0.1, 0.15) is 5.01 Å². The summed E-state index contributed by atoms with van der Waals surface area (Å²) in [5, 5.41) is 9.68. The third-order valence-electron chi connectivity index (χ3n) is 1.83. The molecule has 0 radical (unpaired) electrons. The lowest BCUT2D eigenvalue weighted by atomic mass is 10.2. The Hall–Kier alpha value is -1.75. The van der Waals surface area contributed by atoms with Gasteiger partial charge in [0.15, 0.2) is 0 Å². The number of hydrogen-bond donors (Lipinski definition) is 0. The lowest BCUT2D eigenvalue weighted by Gasteiger charge is -1.99. The average Bonchev–Trinajstić information content (AvgIpc) is 2.76. The Balaban J connectivity index is 2.20. The predicted molar refractivity (Wildman–Crippen MR) is 67.2 cm³/mol. The van der Waals surface area contributed by atoms with E-state index in [0.717, 1.165) is 10.6 Å². The van der Waals surface area contributed by atoms with Gasteiger partial charge in [-0.1, -0.05) is 41.7 Å². The molecule has 0 atom stereocenters. The molecule has 0 aliphatic carbocycles. The van der Waals surface area contributed by atoms with Crippen molar-refractivity contribution in [3.8, 4) is 10.6 Å². The van der Waals surface area contributed by atoms with Crippen LogP contribution in [0.4, 0.5) is 5.13 Å². The summed E-state index contributed by atoms with van der Waals surface area (Å²) >= 11 is 1.48. The summed E-state index contributed by atoms with van der Waals surface area (Å²) in [6.45, 7) is 0. The molecule has 0 saturated carbocycles. The van der Waals surface area contributed by atoms with Crippen molar-refractivity contribution in [2.75, 3.05) is 14.1 Å². The first kappa shape index (κ1) is 10.8. The fourth-order valence-electron chi connectivity index (χ4n) is 1.13. The van der Waals surface area contributed by atoms with E-state index in [0.29, 0.717) is 5.13 Å². The Labute approximate surface area is 98.3 Å². The maximum Gasteiger partial charge on any atom is 0.233 e. The fraction of sp³-hybridized carbons (Fsp3) is 0.182. The van der Waals surface area contributed by atoms with Crippen LogP contribution in [0.1, 0.15) is 0 Å². The molecule has 0 aliphatic rings. The van der Waals surface area contributed by atoms with Crippen LogP contribution in [0.5, 0.6) is 0 Å². The summed E-state index contributed by atoms with van der Waals surface area (Å²) in [5.74, 6) is 0. The number of rotatable bonds is 3. The summed E-state index contributed by atoms with van der Waals surface area (Å²) < 4.78 is 0. The molecule has 2 aromatic rings. The topological polar surface area (TPSA) is 41.4 Å². The number of aromatic nitrogens is 2. The molecule has 82 valence electrons. The van der Waals surface area contributed by atoms with Gasteiger partial charge in [0, 0.05) is 19.7 Å². The van der Waals surface area contributed by atoms with E-state index in [-0.39, 0.29) is 0 Å². The highest BCUT2D eigenvalue weighted by Gasteiger charge is 2.04. The van der Waals surface area contributed by atoms with Gasteiger partial charge in [0.25, 0.3) is 0 Å². The quantitative estimate of drug-likeness (QED) is 0.603. The smallest absolute Gasteiger partial charge is 0.233 e. The highest BCUT2D eigenvalue weighted by atomic mass is 32.1. The van der Waals surface area contributed by atoms with Crippen molar-refractivity contribution in [3.05, 3.63) is 30.3 Å². The van der Waals surface area contributed by atoms with E-state index >= 15 is 0 Å². The molecule has 0 fully saturated rings. The van der Waals surface area contributed by atoms with E-state index in [1.807, 2.05) is 49.3 Å². The molecule has 0 N–H and O–H groups in total. The Bertz CT molecular complexity index is 476. The zero-order chi connectivity index (χ0) is 11.4. The number of hydrogen-bond acceptors (Lipinski definition) is 4. The third-order valence-corrected chi connectivity index (χ3v) is 2.71. The Morgan fingerprint density at radius 1 is 1.19 bits per heavy atom. The van der Waals surface area contributed by atoms with Gasteiger partial charge in [0.2, 0.25) is 5.13 Å². The van der Waals surface area contributed by atoms with Gasteiger partial charge in [-0.15, -0.1) is 10.2 Å². The summed E-state index contributed by atoms with van der Waals surface area (Å²) in [6, 6.07) is 9.98. The highest BCUT2D eigenvalue weighted by Crippen LogP contribution is 2.27. The van der Waals surface area contributed by atoms with E-state index in [4.69, 9.17) is 0 Å². The van der Waals surface area contributed by atoms with Gasteiger partial charge < -0.3 is 4.90 Å². The van der Waals surface area contributed by atoms with Crippen LogP contribution in [0.3, 0.4) is 0 Å². The number of benzene rings is 1. The minimum Gasteiger partial charge on any atom is -0.369 e. The van der Waals surface area contributed by atoms with Crippen LogP contribution >= 0.6 is 11.3 Å². The summed E-state index contributed by atoms with van der Waals surface area (Å²) in [7, 11) is 3.84. The van der Waals surface area contributed by atoms with Crippen molar-refractivity contribution in [1.82, 2.24) is 15.1 Å². The normalized spacial score (nSPS) is 10.9. The van der Waals surface area contributed by atoms with Crippen molar-refractivity contribution in [3.63, 3.8) is 0 Å². The molecule has 0 aliphatic heterocycles. The first-order valence-corrected chi connectivity index (χ1v) is 5.67. The lowest BCUT2D eigenvalue weighted by molar-refractivity contribution is 0.643. The van der Waals surface area contributed by atoms with Gasteiger partial charge in [-0.3, -0.25) is 0 Å². The van der Waals surface area contributed by atoms with E-state index in [9.17, 15) is 0 Å². The van der Waals surface area contributed by atoms with Crippen molar-refractivity contribution >= 4 is 22.8 Å². The second kappa shape index (κ2) is 4.85. The monoisotopic (exact) mass is 232 g/mol. The lowest BCUT2D eigenvalue weighted by Crippen LogP contribution is -2.06. The molecule has 2 rings (SSSR count). The number of aliphatic imine (C=N–C) groups is 1. The molecule has 16 heavy (non-hydrogen) atoms. The van der Waals surface area contributed by atoms with Crippen LogP contribution in [0.25, 0.3) is 10.6 Å². The van der Waals surface area contributed by atoms with E-state index in [1.165, 1.54) is 11.3 Å². The van der Waals surface area contributed by atoms with Crippen LogP contribution in [-0.2, 0) is 0 Å². The Morgan fingerprint density at radius 3 is 2.62 bits per heavy atom. The van der Waals surface area contributed by atoms with E-state index < -0.39 is 0 Å². The fourth-order valence-corrected chi connectivity index (χ4v) is 1.82. The molecule has 0 amide bonds. The van der Waals surface area contributed by atoms with Gasteiger partial charge >= 0.3 is 0 Å². The molecule has 1 aromatic carbocycles. The maximum absolute atomic E-state index is 4.20. The zero-order valence-corrected chi connectivity index (χ0v) is 9.98. The van der Waals surface area contributed by atoms with Gasteiger partial charge in [0.05, 0.1) is 6.34 Å². The van der Waals surface area contributed by atoms with Crippen molar-refractivity contribution in [2.45, 2.75) is 0 Å². The summed E-state index contributed by atoms with van der Waals surface area (Å²) in [4.78, 5) is 6.06. The van der Waals surface area contributed by atoms with Crippen molar-refractivity contribution in [1.29, 1.82) is 0 Å². The molecule has 1 aromatic heterocycles. The Kier molecular flexibility index (Phi) is 3.26. The minimum atomic E-state index is 0.674. The minimum absolute atomic E-state index is 0.674. The van der Waals surface area contributed by atoms with Crippen LogP contribution in [0, 0.1) is 0 Å². The van der Waals surface area contributed by atoms with Crippen LogP contribution < -0.4 is 0 Å². The maximum atomic E-state index is 4.20. The molecule has 0 unspecified atom stereocenters. The number of nitrogens with zero attached hydrogens (tertiary/aromatic N) is 4. The van der Waals surface area contributed by atoms with E-state index in [1.54, 1.807) is 6.34 Å². The predicted octanol–water partition coefficient (Wildman–Crippen LogP) is 2.43. The molecule has 0 bridgehead atoms. The summed E-state index contributed by atoms with van der Waals surface area (Å²) in [6.07, 6.45) is 1.72. The standard InChI is InChI=1S/C11H12N4S/c1-15(2)8-12-11-14-13-10(16-11)9-6-4-3-5-7-9/h3-8H,1-2H3. The van der Waals surface area contributed by atoms with Gasteiger partial charge in [-0.25, -0.2) is 4.99 Å². The van der Waals surface area contributed by atoms with Gasteiger partial charge in [-0.2, -0.15) is 0 Å². The average molecular weight is 232 g/mol. The van der Waals surface area contributed by atoms with Crippen molar-refractivity contribution < 1.29 is 0 Å². The molecular formula is C11H12N4S. The molecule has 5 heteroatoms. The first-order chi connectivity index (χ1) is 7.75. The van der Waals surface area contributed by atoms with Crippen LogP contribution in [0.15, 0.2) is 35.3 Å². The van der Waals surface area contributed by atoms with E-state index in [2.05, 4.69) is 15.2 Å². The molecule has 0 saturated heterocycles. The molecule has 1 heterocycles. The van der Waals surface area contributed by atoms with Crippen LogP contribution in [0.2, 0.25) is 0 Å². The van der Waals surface area contributed by atoms with Crippen LogP contribution in [-0.4, -0.2) is 35.5 Å². The third kappa shape index (κ3) is 2.64. The molecule has 4 nitrogen and oxygen atoms in total. The molecular weight excluding hydrogens is 220 g/mol. The largest absolute Gasteiger partial charge is 0.369 e. The zero-order valence-electron chi connectivity index (χ0n) is 9.16. The Morgan fingerprint density at radius 2 is 1.94 bits per heavy atom. The first-order valence-electron chi connectivity index (χ1n) is 4.85. The second-order valence-corrected chi connectivity index (χ2v) is 4.42. The second-order valence-electron chi connectivity index (χ2n) is 3.46. The SMILES string of the molecule is CN(C)C=Nc1nnc(-c2ccccc2)s1. The highest BCUT2D eigenvalue weighted by molar-refractivity contribution is 7.18. The summed E-state index contributed by atoms with van der Waals surface area (Å²) in [5.41, 5.74) is 1.08. The molecule has 0 spiro atoms. The van der Waals surface area contributed by atoms with Crippen molar-refractivity contribution in [2.24, 2.45) is 4.99 Å². The van der Waals surface area contributed by atoms with Gasteiger partial charge in [-0.05, 0) is 0 Å².